The van der Waals surface area contributed by atoms with Crippen LogP contribution in [0.2, 0.25) is 0 Å². The molecular weight excluding hydrogens is 338 g/mol. The highest BCUT2D eigenvalue weighted by Crippen LogP contribution is 2.36. The van der Waals surface area contributed by atoms with Crippen molar-refractivity contribution >= 4 is 11.1 Å². The van der Waals surface area contributed by atoms with Gasteiger partial charge in [0.1, 0.15) is 5.52 Å². The first kappa shape index (κ1) is 18.2. The van der Waals surface area contributed by atoms with Gasteiger partial charge in [0.2, 0.25) is 5.89 Å². The number of para-hydroxylation sites is 2. The quantitative estimate of drug-likeness (QED) is 0.689. The Morgan fingerprint density at radius 1 is 1.30 bits per heavy atom. The van der Waals surface area contributed by atoms with E-state index in [0.29, 0.717) is 12.0 Å². The molecule has 6 heteroatoms. The van der Waals surface area contributed by atoms with Crippen molar-refractivity contribution in [3.8, 4) is 0 Å². The first-order valence-electron chi connectivity index (χ1n) is 9.77. The molecule has 3 heterocycles. The van der Waals surface area contributed by atoms with Crippen LogP contribution < -0.4 is 0 Å². The molecule has 3 atom stereocenters. The third-order valence-corrected chi connectivity index (χ3v) is 5.92. The highest BCUT2D eigenvalue weighted by atomic mass is 16.3. The summed E-state index contributed by atoms with van der Waals surface area (Å²) in [6, 6.07) is 8.52. The Labute approximate surface area is 160 Å². The van der Waals surface area contributed by atoms with Crippen LogP contribution in [0.15, 0.2) is 41.1 Å². The van der Waals surface area contributed by atoms with Crippen LogP contribution >= 0.6 is 0 Å². The van der Waals surface area contributed by atoms with Crippen molar-refractivity contribution in [1.29, 1.82) is 0 Å². The maximum absolute atomic E-state index is 6.00. The summed E-state index contributed by atoms with van der Waals surface area (Å²) in [5.74, 6) is 1.35. The van der Waals surface area contributed by atoms with Gasteiger partial charge in [-0.25, -0.2) is 4.98 Å². The number of likely N-dealkylation sites (tertiary alicyclic amines) is 1. The van der Waals surface area contributed by atoms with Gasteiger partial charge in [0, 0.05) is 31.4 Å². The van der Waals surface area contributed by atoms with Crippen molar-refractivity contribution in [1.82, 2.24) is 24.6 Å². The van der Waals surface area contributed by atoms with Crippen LogP contribution in [-0.4, -0.2) is 51.7 Å². The number of hydrogen-bond acceptors (Lipinski definition) is 5. The molecule has 1 aromatic carbocycles. The average Bonchev–Trinajstić information content (AvgIpc) is 3.27. The Bertz CT molecular complexity index is 868. The number of fused-ring (bicyclic) bond motifs is 1. The lowest BCUT2D eigenvalue weighted by Crippen LogP contribution is -2.41. The monoisotopic (exact) mass is 367 g/mol. The van der Waals surface area contributed by atoms with Gasteiger partial charge in [-0.15, -0.1) is 0 Å². The number of hydrogen-bond donors (Lipinski definition) is 0. The molecule has 1 fully saturated rings. The zero-order valence-corrected chi connectivity index (χ0v) is 16.7. The maximum atomic E-state index is 6.00. The molecule has 1 aliphatic rings. The Balaban J connectivity index is 1.51. The Morgan fingerprint density at radius 2 is 2.11 bits per heavy atom. The fraction of sp³-hybridized carbons (Fsp3) is 0.524. The Kier molecular flexibility index (Phi) is 5.02. The van der Waals surface area contributed by atoms with E-state index in [9.17, 15) is 0 Å². The van der Waals surface area contributed by atoms with Gasteiger partial charge < -0.3 is 4.42 Å². The zero-order chi connectivity index (χ0) is 19.0. The van der Waals surface area contributed by atoms with Crippen LogP contribution in [-0.2, 0) is 7.05 Å². The number of oxazole rings is 1. The van der Waals surface area contributed by atoms with Crippen LogP contribution in [0.1, 0.15) is 43.3 Å². The van der Waals surface area contributed by atoms with E-state index >= 15 is 0 Å². The van der Waals surface area contributed by atoms with Gasteiger partial charge in [-0.2, -0.15) is 5.10 Å². The van der Waals surface area contributed by atoms with E-state index in [0.717, 1.165) is 30.1 Å². The zero-order valence-electron chi connectivity index (χ0n) is 16.7. The largest absolute Gasteiger partial charge is 0.439 e. The van der Waals surface area contributed by atoms with E-state index < -0.39 is 0 Å². The fourth-order valence-corrected chi connectivity index (χ4v) is 4.36. The summed E-state index contributed by atoms with van der Waals surface area (Å²) < 4.78 is 7.90. The minimum absolute atomic E-state index is 0.138. The van der Waals surface area contributed by atoms with Crippen LogP contribution in [0.4, 0.5) is 0 Å². The molecule has 6 nitrogen and oxygen atoms in total. The molecule has 3 aromatic rings. The predicted molar refractivity (Wildman–Crippen MR) is 106 cm³/mol. The fourth-order valence-electron chi connectivity index (χ4n) is 4.36. The van der Waals surface area contributed by atoms with Gasteiger partial charge in [0.25, 0.3) is 0 Å². The van der Waals surface area contributed by atoms with Crippen molar-refractivity contribution in [3.63, 3.8) is 0 Å². The molecule has 2 aromatic heterocycles. The van der Waals surface area contributed by atoms with Gasteiger partial charge in [-0.05, 0) is 58.5 Å². The van der Waals surface area contributed by atoms with Gasteiger partial charge in [-0.1, -0.05) is 12.1 Å². The summed E-state index contributed by atoms with van der Waals surface area (Å²) in [6.45, 7) is 4.32. The molecule has 0 spiro atoms. The number of aryl methyl sites for hydroxylation is 1. The molecule has 0 N–H and O–H groups in total. The molecule has 0 aliphatic carbocycles. The van der Waals surface area contributed by atoms with Crippen LogP contribution in [0.5, 0.6) is 0 Å². The normalized spacial score (nSPS) is 22.6. The Morgan fingerprint density at radius 3 is 2.85 bits per heavy atom. The summed E-state index contributed by atoms with van der Waals surface area (Å²) in [6.07, 6.45) is 6.64. The molecule has 27 heavy (non-hydrogen) atoms. The average molecular weight is 367 g/mol. The third-order valence-electron chi connectivity index (χ3n) is 5.92. The van der Waals surface area contributed by atoms with Crippen LogP contribution in [0, 0.1) is 5.92 Å². The number of nitrogens with zero attached hydrogens (tertiary/aromatic N) is 5. The predicted octanol–water partition coefficient (Wildman–Crippen LogP) is 3.64. The maximum Gasteiger partial charge on any atom is 0.212 e. The van der Waals surface area contributed by atoms with E-state index in [1.165, 1.54) is 18.4 Å². The van der Waals surface area contributed by atoms with E-state index in [1.54, 1.807) is 0 Å². The summed E-state index contributed by atoms with van der Waals surface area (Å²) in [5, 5.41) is 4.40. The third kappa shape index (κ3) is 3.64. The van der Waals surface area contributed by atoms with Crippen molar-refractivity contribution in [3.05, 3.63) is 48.1 Å². The topological polar surface area (TPSA) is 50.3 Å². The SMILES string of the molecule is C[C@H](c1nc2ccccc2o1)N(C)C[C@@H]1CCCN(C)[C@H]1c1cnn(C)c1. The number of rotatable bonds is 5. The molecular formula is C21H29N5O. The number of piperidine rings is 1. The standard InChI is InChI=1S/C21H29N5O/c1-15(21-23-18-9-5-6-10-19(18)27-21)25(3)13-16-8-7-11-24(2)20(16)17-12-22-26(4)14-17/h5-6,9-10,12,14-16,20H,7-8,11,13H2,1-4H3/t15-,16+,20-/m1/s1. The molecule has 0 bridgehead atoms. The summed E-state index contributed by atoms with van der Waals surface area (Å²) >= 11 is 0. The minimum atomic E-state index is 0.138. The van der Waals surface area contributed by atoms with Crippen LogP contribution in [0.25, 0.3) is 11.1 Å². The van der Waals surface area contributed by atoms with E-state index in [4.69, 9.17) is 9.40 Å². The first-order chi connectivity index (χ1) is 13.0. The lowest BCUT2D eigenvalue weighted by atomic mass is 9.85. The number of aromatic nitrogens is 3. The lowest BCUT2D eigenvalue weighted by molar-refractivity contribution is 0.0800. The molecule has 0 amide bonds. The van der Waals surface area contributed by atoms with E-state index in [-0.39, 0.29) is 6.04 Å². The smallest absolute Gasteiger partial charge is 0.212 e. The minimum Gasteiger partial charge on any atom is -0.439 e. The highest BCUT2D eigenvalue weighted by molar-refractivity contribution is 5.72. The molecule has 0 saturated carbocycles. The van der Waals surface area contributed by atoms with Crippen molar-refractivity contribution in [2.75, 3.05) is 27.2 Å². The Hall–Kier alpha value is -2.18. The summed E-state index contributed by atoms with van der Waals surface area (Å²) in [5.41, 5.74) is 3.10. The van der Waals surface area contributed by atoms with Crippen molar-refractivity contribution < 1.29 is 4.42 Å². The molecule has 1 aliphatic heterocycles. The molecule has 1 saturated heterocycles. The summed E-state index contributed by atoms with van der Waals surface area (Å²) in [4.78, 5) is 9.54. The van der Waals surface area contributed by atoms with Gasteiger partial charge in [0.15, 0.2) is 5.58 Å². The van der Waals surface area contributed by atoms with Crippen molar-refractivity contribution in [2.24, 2.45) is 13.0 Å². The van der Waals surface area contributed by atoms with Crippen molar-refractivity contribution in [2.45, 2.75) is 31.8 Å². The molecule has 0 radical (unpaired) electrons. The lowest BCUT2D eigenvalue weighted by Gasteiger charge is -2.41. The van der Waals surface area contributed by atoms with Gasteiger partial charge >= 0.3 is 0 Å². The second-order valence-electron chi connectivity index (χ2n) is 7.91. The van der Waals surface area contributed by atoms with E-state index in [2.05, 4.69) is 42.1 Å². The molecule has 0 unspecified atom stereocenters. The second kappa shape index (κ2) is 7.44. The first-order valence-corrected chi connectivity index (χ1v) is 9.77. The molecule has 4 rings (SSSR count). The van der Waals surface area contributed by atoms with Gasteiger partial charge in [-0.3, -0.25) is 14.5 Å². The second-order valence-corrected chi connectivity index (χ2v) is 7.91. The van der Waals surface area contributed by atoms with Gasteiger partial charge in [0.05, 0.1) is 12.2 Å². The van der Waals surface area contributed by atoms with Crippen LogP contribution in [0.3, 0.4) is 0 Å². The molecule has 144 valence electrons. The van der Waals surface area contributed by atoms with E-state index in [1.807, 2.05) is 42.2 Å². The highest BCUT2D eigenvalue weighted by Gasteiger charge is 2.33. The summed E-state index contributed by atoms with van der Waals surface area (Å²) in [7, 11) is 6.39. The number of benzene rings is 1.